The van der Waals surface area contributed by atoms with E-state index in [1.807, 2.05) is 19.2 Å². The summed E-state index contributed by atoms with van der Waals surface area (Å²) in [5.74, 6) is 1.03. The molecule has 1 heterocycles. The minimum Gasteiger partial charge on any atom is -0.313 e. The molecule has 0 unspecified atom stereocenters. The molecule has 0 aromatic carbocycles. The van der Waals surface area contributed by atoms with Crippen LogP contribution in [0.5, 0.6) is 0 Å². The minimum absolute atomic E-state index is 0.652. The van der Waals surface area contributed by atoms with Gasteiger partial charge in [0.25, 0.3) is 0 Å². The van der Waals surface area contributed by atoms with E-state index in [1.165, 1.54) is 12.8 Å². The summed E-state index contributed by atoms with van der Waals surface area (Å²) in [5, 5.41) is 4.41. The Morgan fingerprint density at radius 2 is 2.12 bits per heavy atom. The normalized spacial score (nSPS) is 11.0. The molecule has 1 aromatic heterocycles. The van der Waals surface area contributed by atoms with Crippen LogP contribution in [0.2, 0.25) is 0 Å². The Bertz CT molecular complexity index is 300. The maximum absolute atomic E-state index is 4.35. The van der Waals surface area contributed by atoms with Crippen LogP contribution in [-0.4, -0.2) is 28.3 Å². The average molecular weight is 239 g/mol. The molecule has 4 heteroatoms. The summed E-state index contributed by atoms with van der Waals surface area (Å²) in [6, 6.07) is 2.57. The van der Waals surface area contributed by atoms with E-state index in [0.29, 0.717) is 6.04 Å². The highest BCUT2D eigenvalue weighted by atomic mass is 32.2. The summed E-state index contributed by atoms with van der Waals surface area (Å²) < 4.78 is 0. The fraction of sp³-hybridized carbons (Fsp3) is 0.667. The van der Waals surface area contributed by atoms with Crippen molar-refractivity contribution < 1.29 is 0 Å². The van der Waals surface area contributed by atoms with Crippen LogP contribution in [0.15, 0.2) is 17.4 Å². The summed E-state index contributed by atoms with van der Waals surface area (Å²) in [5.41, 5.74) is 1.03. The van der Waals surface area contributed by atoms with Crippen LogP contribution in [-0.2, 0) is 0 Å². The standard InChI is InChI=1S/C12H21N3S/c1-4-11(5-2)13-8-9-16-12-14-7-6-10(3)15-12/h6-7,11,13H,4-5,8-9H2,1-3H3. The molecule has 90 valence electrons. The van der Waals surface area contributed by atoms with Gasteiger partial charge in [0.15, 0.2) is 5.16 Å². The van der Waals surface area contributed by atoms with Gasteiger partial charge in [0.1, 0.15) is 0 Å². The van der Waals surface area contributed by atoms with E-state index in [0.717, 1.165) is 23.1 Å². The van der Waals surface area contributed by atoms with Crippen LogP contribution in [0.1, 0.15) is 32.4 Å². The van der Waals surface area contributed by atoms with E-state index in [2.05, 4.69) is 29.1 Å². The zero-order valence-electron chi connectivity index (χ0n) is 10.4. The SMILES string of the molecule is CCC(CC)NCCSc1nccc(C)n1. The van der Waals surface area contributed by atoms with Gasteiger partial charge in [0.2, 0.25) is 0 Å². The van der Waals surface area contributed by atoms with Gasteiger partial charge >= 0.3 is 0 Å². The van der Waals surface area contributed by atoms with Crippen molar-refractivity contribution in [1.82, 2.24) is 15.3 Å². The number of hydrogen-bond donors (Lipinski definition) is 1. The molecule has 0 spiro atoms. The largest absolute Gasteiger partial charge is 0.313 e. The lowest BCUT2D eigenvalue weighted by Crippen LogP contribution is -2.29. The van der Waals surface area contributed by atoms with Crippen molar-refractivity contribution in [1.29, 1.82) is 0 Å². The van der Waals surface area contributed by atoms with Gasteiger partial charge in [0, 0.05) is 30.2 Å². The first kappa shape index (κ1) is 13.5. The summed E-state index contributed by atoms with van der Waals surface area (Å²) >= 11 is 1.71. The Morgan fingerprint density at radius 1 is 1.38 bits per heavy atom. The Kier molecular flexibility index (Phi) is 6.42. The van der Waals surface area contributed by atoms with Crippen molar-refractivity contribution in [3.05, 3.63) is 18.0 Å². The topological polar surface area (TPSA) is 37.8 Å². The van der Waals surface area contributed by atoms with Gasteiger partial charge in [-0.15, -0.1) is 0 Å². The second-order valence-electron chi connectivity index (χ2n) is 3.80. The third-order valence-corrected chi connectivity index (χ3v) is 3.39. The quantitative estimate of drug-likeness (QED) is 0.451. The molecule has 0 aliphatic rings. The van der Waals surface area contributed by atoms with Gasteiger partial charge in [0.05, 0.1) is 0 Å². The first-order valence-electron chi connectivity index (χ1n) is 5.92. The molecule has 0 atom stereocenters. The van der Waals surface area contributed by atoms with Crippen LogP contribution in [0.4, 0.5) is 0 Å². The highest BCUT2D eigenvalue weighted by Gasteiger charge is 2.02. The number of hydrogen-bond acceptors (Lipinski definition) is 4. The molecule has 1 N–H and O–H groups in total. The van der Waals surface area contributed by atoms with E-state index < -0.39 is 0 Å². The fourth-order valence-electron chi connectivity index (χ4n) is 1.48. The van der Waals surface area contributed by atoms with Gasteiger partial charge in [-0.3, -0.25) is 0 Å². The number of aromatic nitrogens is 2. The third-order valence-electron chi connectivity index (χ3n) is 2.52. The number of nitrogens with zero attached hydrogens (tertiary/aromatic N) is 2. The molecule has 0 saturated heterocycles. The molecule has 1 rings (SSSR count). The maximum Gasteiger partial charge on any atom is 0.187 e. The van der Waals surface area contributed by atoms with Crippen molar-refractivity contribution in [3.63, 3.8) is 0 Å². The molecule has 0 fully saturated rings. The van der Waals surface area contributed by atoms with E-state index >= 15 is 0 Å². The Hall–Kier alpha value is -0.610. The summed E-state index contributed by atoms with van der Waals surface area (Å²) in [6.07, 6.45) is 4.21. The fourth-order valence-corrected chi connectivity index (χ4v) is 2.22. The maximum atomic E-state index is 4.35. The molecule has 1 aromatic rings. The van der Waals surface area contributed by atoms with E-state index in [9.17, 15) is 0 Å². The van der Waals surface area contributed by atoms with Crippen molar-refractivity contribution in [2.24, 2.45) is 0 Å². The Labute approximate surface area is 102 Å². The van der Waals surface area contributed by atoms with Gasteiger partial charge in [-0.25, -0.2) is 9.97 Å². The van der Waals surface area contributed by atoms with Gasteiger partial charge in [-0.05, 0) is 25.8 Å². The lowest BCUT2D eigenvalue weighted by molar-refractivity contribution is 0.501. The molecule has 0 bridgehead atoms. The smallest absolute Gasteiger partial charge is 0.187 e. The second kappa shape index (κ2) is 7.63. The predicted molar refractivity (Wildman–Crippen MR) is 69.9 cm³/mol. The zero-order valence-corrected chi connectivity index (χ0v) is 11.2. The molecule has 0 aliphatic carbocycles. The van der Waals surface area contributed by atoms with Crippen molar-refractivity contribution in [2.75, 3.05) is 12.3 Å². The first-order chi connectivity index (χ1) is 7.76. The summed E-state index contributed by atoms with van der Waals surface area (Å²) in [7, 11) is 0. The first-order valence-corrected chi connectivity index (χ1v) is 6.90. The van der Waals surface area contributed by atoms with E-state index in [4.69, 9.17) is 0 Å². The van der Waals surface area contributed by atoms with Crippen LogP contribution in [0, 0.1) is 6.92 Å². The molecule has 0 amide bonds. The predicted octanol–water partition coefficient (Wildman–Crippen LogP) is 2.66. The number of aryl methyl sites for hydroxylation is 1. The Morgan fingerprint density at radius 3 is 2.75 bits per heavy atom. The van der Waals surface area contributed by atoms with Crippen LogP contribution in [0.3, 0.4) is 0 Å². The molecule has 0 radical (unpaired) electrons. The molecule has 0 aliphatic heterocycles. The lowest BCUT2D eigenvalue weighted by Gasteiger charge is -2.13. The minimum atomic E-state index is 0.652. The second-order valence-corrected chi connectivity index (χ2v) is 4.86. The zero-order chi connectivity index (χ0) is 11.8. The van der Waals surface area contributed by atoms with Crippen LogP contribution < -0.4 is 5.32 Å². The van der Waals surface area contributed by atoms with Gasteiger partial charge in [-0.1, -0.05) is 25.6 Å². The molecule has 3 nitrogen and oxygen atoms in total. The van der Waals surface area contributed by atoms with Crippen molar-refractivity contribution in [3.8, 4) is 0 Å². The highest BCUT2D eigenvalue weighted by Crippen LogP contribution is 2.11. The number of thioether (sulfide) groups is 1. The summed E-state index contributed by atoms with van der Waals surface area (Å²) in [6.45, 7) is 7.46. The molecular weight excluding hydrogens is 218 g/mol. The van der Waals surface area contributed by atoms with Gasteiger partial charge in [-0.2, -0.15) is 0 Å². The van der Waals surface area contributed by atoms with Gasteiger partial charge < -0.3 is 5.32 Å². The highest BCUT2D eigenvalue weighted by molar-refractivity contribution is 7.99. The summed E-state index contributed by atoms with van der Waals surface area (Å²) in [4.78, 5) is 8.57. The lowest BCUT2D eigenvalue weighted by atomic mass is 10.2. The van der Waals surface area contributed by atoms with Crippen LogP contribution >= 0.6 is 11.8 Å². The number of nitrogens with one attached hydrogen (secondary N) is 1. The van der Waals surface area contributed by atoms with Crippen molar-refractivity contribution >= 4 is 11.8 Å². The number of rotatable bonds is 7. The molecular formula is C12H21N3S. The Balaban J connectivity index is 2.20. The third kappa shape index (κ3) is 4.94. The molecule has 16 heavy (non-hydrogen) atoms. The monoisotopic (exact) mass is 239 g/mol. The van der Waals surface area contributed by atoms with E-state index in [1.54, 1.807) is 11.8 Å². The van der Waals surface area contributed by atoms with Crippen molar-refractivity contribution in [2.45, 2.75) is 44.8 Å². The average Bonchev–Trinajstić information content (AvgIpc) is 2.29. The molecule has 0 saturated carbocycles. The van der Waals surface area contributed by atoms with Crippen LogP contribution in [0.25, 0.3) is 0 Å². The van der Waals surface area contributed by atoms with E-state index in [-0.39, 0.29) is 0 Å².